The second-order valence-corrected chi connectivity index (χ2v) is 6.23. The van der Waals surface area contributed by atoms with Crippen LogP contribution in [-0.2, 0) is 17.8 Å². The summed E-state index contributed by atoms with van der Waals surface area (Å²) in [5.74, 6) is -0.0465. The monoisotopic (exact) mass is 335 g/mol. The Hall–Kier alpha value is -2.05. The zero-order valence-corrected chi connectivity index (χ0v) is 13.5. The molecular formula is C16H18ClN3O3. The fraction of sp³-hybridized carbons (Fsp3) is 0.375. The van der Waals surface area contributed by atoms with E-state index in [9.17, 15) is 15.0 Å². The molecule has 0 atom stereocenters. The molecule has 1 aromatic carbocycles. The third-order valence-electron chi connectivity index (χ3n) is 4.11. The highest BCUT2D eigenvalue weighted by molar-refractivity contribution is 6.32. The number of phenolic OH excluding ortho intramolecular Hbond substituents is 2. The van der Waals surface area contributed by atoms with Crippen LogP contribution < -0.4 is 0 Å². The molecule has 3 rings (SSSR count). The zero-order chi connectivity index (χ0) is 16.6. The van der Waals surface area contributed by atoms with Gasteiger partial charge in [0.15, 0.2) is 0 Å². The van der Waals surface area contributed by atoms with Crippen LogP contribution >= 0.6 is 11.6 Å². The van der Waals surface area contributed by atoms with Crippen LogP contribution in [0.25, 0.3) is 11.3 Å². The van der Waals surface area contributed by atoms with Crippen molar-refractivity contribution in [3.63, 3.8) is 0 Å². The van der Waals surface area contributed by atoms with Gasteiger partial charge in [0.25, 0.3) is 0 Å². The fourth-order valence-electron chi connectivity index (χ4n) is 2.83. The Morgan fingerprint density at radius 1 is 1.39 bits per heavy atom. The fourth-order valence-corrected chi connectivity index (χ4v) is 2.99. The lowest BCUT2D eigenvalue weighted by molar-refractivity contribution is -0.117. The predicted octanol–water partition coefficient (Wildman–Crippen LogP) is 2.48. The standard InChI is InChI=1S/C16H18ClN3O3/c1-9(21)2-4-20-5-3-13-11(8-20)16(19-18-13)10-6-12(17)15(23)7-14(10)22/h6-7,22-23H,2-5,8H2,1H3,(H,18,19). The van der Waals surface area contributed by atoms with Gasteiger partial charge in [0, 0.05) is 49.7 Å². The summed E-state index contributed by atoms with van der Waals surface area (Å²) in [6, 6.07) is 2.75. The van der Waals surface area contributed by atoms with Crippen LogP contribution in [0.1, 0.15) is 24.6 Å². The number of fused-ring (bicyclic) bond motifs is 1. The average Bonchev–Trinajstić information content (AvgIpc) is 2.92. The lowest BCUT2D eigenvalue weighted by atomic mass is 10.00. The van der Waals surface area contributed by atoms with Crippen LogP contribution in [-0.4, -0.2) is 44.2 Å². The van der Waals surface area contributed by atoms with Crippen molar-refractivity contribution < 1.29 is 15.0 Å². The molecule has 1 aliphatic rings. The van der Waals surface area contributed by atoms with Gasteiger partial charge in [-0.2, -0.15) is 5.10 Å². The number of carbonyl (C=O) groups is 1. The van der Waals surface area contributed by atoms with Crippen LogP contribution in [0.2, 0.25) is 5.02 Å². The number of aromatic amines is 1. The van der Waals surface area contributed by atoms with E-state index in [2.05, 4.69) is 15.1 Å². The Morgan fingerprint density at radius 3 is 2.91 bits per heavy atom. The van der Waals surface area contributed by atoms with Crippen LogP contribution in [0, 0.1) is 0 Å². The van der Waals surface area contributed by atoms with Crippen LogP contribution in [0.4, 0.5) is 0 Å². The summed E-state index contributed by atoms with van der Waals surface area (Å²) in [5.41, 5.74) is 3.17. The molecule has 0 bridgehead atoms. The van der Waals surface area contributed by atoms with Gasteiger partial charge in [-0.05, 0) is 13.0 Å². The van der Waals surface area contributed by atoms with E-state index >= 15 is 0 Å². The summed E-state index contributed by atoms with van der Waals surface area (Å²) in [4.78, 5) is 13.4. The Kier molecular flexibility index (Phi) is 4.28. The topological polar surface area (TPSA) is 89.5 Å². The number of rotatable bonds is 4. The molecule has 2 aromatic rings. The minimum Gasteiger partial charge on any atom is -0.507 e. The number of aromatic nitrogens is 2. The van der Waals surface area contributed by atoms with Gasteiger partial charge in [0.1, 0.15) is 17.3 Å². The SMILES string of the molecule is CC(=O)CCN1CCc2n[nH]c(-c3cc(Cl)c(O)cc3O)c2C1. The zero-order valence-electron chi connectivity index (χ0n) is 12.8. The van der Waals surface area contributed by atoms with Gasteiger partial charge in [0.05, 0.1) is 16.4 Å². The van der Waals surface area contributed by atoms with Gasteiger partial charge in [-0.25, -0.2) is 0 Å². The Bertz CT molecular complexity index is 757. The minimum atomic E-state index is -0.163. The molecule has 122 valence electrons. The van der Waals surface area contributed by atoms with Crippen molar-refractivity contribution in [2.75, 3.05) is 13.1 Å². The highest BCUT2D eigenvalue weighted by Crippen LogP contribution is 2.39. The molecule has 6 nitrogen and oxygen atoms in total. The van der Waals surface area contributed by atoms with Gasteiger partial charge < -0.3 is 10.2 Å². The molecule has 23 heavy (non-hydrogen) atoms. The minimum absolute atomic E-state index is 0.0563. The molecule has 3 N–H and O–H groups in total. The maximum Gasteiger partial charge on any atom is 0.137 e. The summed E-state index contributed by atoms with van der Waals surface area (Å²) in [6.45, 7) is 3.82. The molecular weight excluding hydrogens is 318 g/mol. The van der Waals surface area contributed by atoms with Gasteiger partial charge >= 0.3 is 0 Å². The first-order valence-corrected chi connectivity index (χ1v) is 7.83. The van der Waals surface area contributed by atoms with E-state index in [0.717, 1.165) is 24.2 Å². The maximum absolute atomic E-state index is 11.2. The summed E-state index contributed by atoms with van der Waals surface area (Å²) < 4.78 is 0. The van der Waals surface area contributed by atoms with Gasteiger partial charge in [0.2, 0.25) is 0 Å². The lowest BCUT2D eigenvalue weighted by Gasteiger charge is -2.26. The number of hydrogen-bond donors (Lipinski definition) is 3. The Balaban J connectivity index is 1.91. The number of phenols is 2. The Morgan fingerprint density at radius 2 is 2.17 bits per heavy atom. The van der Waals surface area contributed by atoms with Gasteiger partial charge in [-0.3, -0.25) is 14.8 Å². The molecule has 2 heterocycles. The first kappa shape index (κ1) is 15.8. The van der Waals surface area contributed by atoms with E-state index in [1.54, 1.807) is 6.92 Å². The van der Waals surface area contributed by atoms with Crippen molar-refractivity contribution in [2.45, 2.75) is 26.3 Å². The summed E-state index contributed by atoms with van der Waals surface area (Å²) in [5, 5.41) is 27.1. The van der Waals surface area contributed by atoms with Crippen molar-refractivity contribution >= 4 is 17.4 Å². The second kappa shape index (κ2) is 6.22. The quantitative estimate of drug-likeness (QED) is 0.798. The molecule has 0 fully saturated rings. The number of ketones is 1. The molecule has 0 saturated heterocycles. The Labute approximate surface area is 138 Å². The molecule has 0 radical (unpaired) electrons. The summed E-state index contributed by atoms with van der Waals surface area (Å²) in [7, 11) is 0. The number of carbonyl (C=O) groups excluding carboxylic acids is 1. The molecule has 1 aliphatic heterocycles. The second-order valence-electron chi connectivity index (χ2n) is 5.82. The average molecular weight is 336 g/mol. The van der Waals surface area contributed by atoms with Crippen molar-refractivity contribution in [2.24, 2.45) is 0 Å². The van der Waals surface area contributed by atoms with Crippen LogP contribution in [0.3, 0.4) is 0 Å². The van der Waals surface area contributed by atoms with Crippen molar-refractivity contribution in [1.29, 1.82) is 0 Å². The number of nitrogens with zero attached hydrogens (tertiary/aromatic N) is 2. The number of benzene rings is 1. The highest BCUT2D eigenvalue weighted by Gasteiger charge is 2.24. The number of hydrogen-bond acceptors (Lipinski definition) is 5. The van der Waals surface area contributed by atoms with Gasteiger partial charge in [-0.1, -0.05) is 11.6 Å². The summed E-state index contributed by atoms with van der Waals surface area (Å²) >= 11 is 5.96. The van der Waals surface area contributed by atoms with Crippen LogP contribution in [0.15, 0.2) is 12.1 Å². The van der Waals surface area contributed by atoms with Crippen molar-refractivity contribution in [3.05, 3.63) is 28.4 Å². The van der Waals surface area contributed by atoms with E-state index in [-0.39, 0.29) is 22.3 Å². The predicted molar refractivity (Wildman–Crippen MR) is 86.6 cm³/mol. The summed E-state index contributed by atoms with van der Waals surface area (Å²) in [6.07, 6.45) is 1.31. The first-order chi connectivity index (χ1) is 11.0. The van der Waals surface area contributed by atoms with E-state index in [0.29, 0.717) is 30.8 Å². The van der Waals surface area contributed by atoms with Crippen molar-refractivity contribution in [3.8, 4) is 22.8 Å². The smallest absolute Gasteiger partial charge is 0.137 e. The molecule has 0 amide bonds. The molecule has 0 spiro atoms. The lowest BCUT2D eigenvalue weighted by Crippen LogP contribution is -2.32. The molecule has 0 saturated carbocycles. The number of nitrogens with one attached hydrogen (secondary N) is 1. The largest absolute Gasteiger partial charge is 0.507 e. The molecule has 0 unspecified atom stereocenters. The van der Waals surface area contributed by atoms with Gasteiger partial charge in [-0.15, -0.1) is 0 Å². The third-order valence-corrected chi connectivity index (χ3v) is 4.42. The number of H-pyrrole nitrogens is 1. The van der Waals surface area contributed by atoms with Crippen LogP contribution in [0.5, 0.6) is 11.5 Å². The number of halogens is 1. The third kappa shape index (κ3) is 3.18. The molecule has 7 heteroatoms. The van der Waals surface area contributed by atoms with Crippen molar-refractivity contribution in [1.82, 2.24) is 15.1 Å². The highest BCUT2D eigenvalue weighted by atomic mass is 35.5. The van der Waals surface area contributed by atoms with E-state index in [4.69, 9.17) is 11.6 Å². The number of Topliss-reactive ketones (excluding diaryl/α,β-unsaturated/α-hetero) is 1. The molecule has 1 aromatic heterocycles. The van der Waals surface area contributed by atoms with E-state index in [1.807, 2.05) is 0 Å². The first-order valence-electron chi connectivity index (χ1n) is 7.45. The van der Waals surface area contributed by atoms with E-state index in [1.165, 1.54) is 12.1 Å². The molecule has 0 aliphatic carbocycles. The van der Waals surface area contributed by atoms with E-state index < -0.39 is 0 Å². The number of aromatic hydroxyl groups is 2. The normalized spacial score (nSPS) is 14.7. The maximum atomic E-state index is 11.2.